The van der Waals surface area contributed by atoms with Gasteiger partial charge in [0.15, 0.2) is 0 Å². The highest BCUT2D eigenvalue weighted by Gasteiger charge is 2.26. The second-order valence-corrected chi connectivity index (χ2v) is 3.95. The van der Waals surface area contributed by atoms with E-state index < -0.39 is 0 Å². The number of ketones is 1. The molecule has 74 valence electrons. The number of rotatable bonds is 1. The molecule has 2 unspecified atom stereocenters. The molecule has 1 fully saturated rings. The topological polar surface area (TPSA) is 43.1 Å². The third kappa shape index (κ3) is 1.85. The highest BCUT2D eigenvalue weighted by atomic mass is 16.1. The molecule has 1 aliphatic carbocycles. The minimum absolute atomic E-state index is 0.220. The van der Waals surface area contributed by atoms with Crippen molar-refractivity contribution in [2.45, 2.75) is 31.2 Å². The zero-order chi connectivity index (χ0) is 9.97. The lowest BCUT2D eigenvalue weighted by Crippen LogP contribution is -2.36. The van der Waals surface area contributed by atoms with Crippen molar-refractivity contribution in [1.29, 1.82) is 0 Å². The monoisotopic (exact) mass is 189 g/mol. The Kier molecular flexibility index (Phi) is 2.64. The van der Waals surface area contributed by atoms with Crippen LogP contribution in [0.25, 0.3) is 0 Å². The summed E-state index contributed by atoms with van der Waals surface area (Å²) in [5, 5.41) is 0. The Balaban J connectivity index is 2.11. The Morgan fingerprint density at radius 3 is 2.57 bits per heavy atom. The number of benzene rings is 1. The molecule has 0 aromatic heterocycles. The minimum atomic E-state index is -0.242. The van der Waals surface area contributed by atoms with Crippen LogP contribution >= 0.6 is 0 Å². The van der Waals surface area contributed by atoms with Gasteiger partial charge in [0.25, 0.3) is 0 Å². The Bertz CT molecular complexity index is 320. The average Bonchev–Trinajstić information content (AvgIpc) is 2.23. The van der Waals surface area contributed by atoms with Gasteiger partial charge in [0.1, 0.15) is 5.78 Å². The zero-order valence-corrected chi connectivity index (χ0v) is 8.15. The third-order valence-corrected chi connectivity index (χ3v) is 2.96. The van der Waals surface area contributed by atoms with Crippen LogP contribution in [0.5, 0.6) is 0 Å². The summed E-state index contributed by atoms with van der Waals surface area (Å²) in [4.78, 5) is 11.2. The molecule has 2 atom stereocenters. The number of Topliss-reactive ketones (excluding diaryl/α,β-unsaturated/α-hetero) is 1. The van der Waals surface area contributed by atoms with Crippen molar-refractivity contribution >= 4 is 5.78 Å². The molecule has 0 spiro atoms. The normalized spacial score (nSPS) is 27.6. The fraction of sp³-hybridized carbons (Fsp3) is 0.417. The van der Waals surface area contributed by atoms with E-state index >= 15 is 0 Å². The Morgan fingerprint density at radius 2 is 1.93 bits per heavy atom. The molecule has 0 aliphatic heterocycles. The maximum absolute atomic E-state index is 11.2. The van der Waals surface area contributed by atoms with Crippen LogP contribution in [-0.2, 0) is 4.79 Å². The summed E-state index contributed by atoms with van der Waals surface area (Å²) in [6.07, 6.45) is 2.40. The second kappa shape index (κ2) is 3.93. The predicted molar refractivity (Wildman–Crippen MR) is 56.0 cm³/mol. The van der Waals surface area contributed by atoms with Gasteiger partial charge < -0.3 is 5.73 Å². The molecule has 0 amide bonds. The first-order valence-corrected chi connectivity index (χ1v) is 5.10. The highest BCUT2D eigenvalue weighted by Crippen LogP contribution is 2.30. The van der Waals surface area contributed by atoms with E-state index in [1.165, 1.54) is 5.56 Å². The summed E-state index contributed by atoms with van der Waals surface area (Å²) in [6.45, 7) is 0. The quantitative estimate of drug-likeness (QED) is 0.732. The number of nitrogens with two attached hydrogens (primary N) is 1. The SMILES string of the molecule is NC1CC(c2ccccc2)CCC1=O. The van der Waals surface area contributed by atoms with E-state index in [4.69, 9.17) is 5.73 Å². The van der Waals surface area contributed by atoms with Crippen molar-refractivity contribution in [3.05, 3.63) is 35.9 Å². The number of hydrogen-bond donors (Lipinski definition) is 1. The molecule has 14 heavy (non-hydrogen) atoms. The van der Waals surface area contributed by atoms with Gasteiger partial charge in [-0.3, -0.25) is 4.79 Å². The van der Waals surface area contributed by atoms with E-state index in [-0.39, 0.29) is 11.8 Å². The van der Waals surface area contributed by atoms with Crippen molar-refractivity contribution in [1.82, 2.24) is 0 Å². The molecule has 0 heterocycles. The van der Waals surface area contributed by atoms with E-state index in [0.717, 1.165) is 12.8 Å². The van der Waals surface area contributed by atoms with Gasteiger partial charge in [0, 0.05) is 6.42 Å². The lowest BCUT2D eigenvalue weighted by Gasteiger charge is -2.25. The Labute approximate surface area is 84.1 Å². The van der Waals surface area contributed by atoms with Crippen molar-refractivity contribution in [3.8, 4) is 0 Å². The number of carbonyl (C=O) groups is 1. The van der Waals surface area contributed by atoms with Crippen LogP contribution in [-0.4, -0.2) is 11.8 Å². The van der Waals surface area contributed by atoms with Crippen LogP contribution in [0, 0.1) is 0 Å². The fourth-order valence-electron chi connectivity index (χ4n) is 2.09. The minimum Gasteiger partial charge on any atom is -0.321 e. The van der Waals surface area contributed by atoms with Gasteiger partial charge in [-0.05, 0) is 24.3 Å². The first kappa shape index (κ1) is 9.41. The van der Waals surface area contributed by atoms with Crippen LogP contribution < -0.4 is 5.73 Å². The van der Waals surface area contributed by atoms with Crippen molar-refractivity contribution in [3.63, 3.8) is 0 Å². The zero-order valence-electron chi connectivity index (χ0n) is 8.15. The van der Waals surface area contributed by atoms with Gasteiger partial charge in [-0.1, -0.05) is 30.3 Å². The number of carbonyl (C=O) groups excluding carboxylic acids is 1. The second-order valence-electron chi connectivity index (χ2n) is 3.95. The summed E-state index contributed by atoms with van der Waals surface area (Å²) in [7, 11) is 0. The molecular formula is C12H15NO. The van der Waals surface area contributed by atoms with Crippen LogP contribution in [0.2, 0.25) is 0 Å². The summed E-state index contributed by atoms with van der Waals surface area (Å²) in [6, 6.07) is 10.1. The molecule has 0 bridgehead atoms. The van der Waals surface area contributed by atoms with Gasteiger partial charge >= 0.3 is 0 Å². The van der Waals surface area contributed by atoms with Crippen LogP contribution in [0.4, 0.5) is 0 Å². The predicted octanol–water partition coefficient (Wildman–Crippen LogP) is 1.85. The van der Waals surface area contributed by atoms with E-state index in [9.17, 15) is 4.79 Å². The van der Waals surface area contributed by atoms with Crippen molar-refractivity contribution < 1.29 is 4.79 Å². The maximum Gasteiger partial charge on any atom is 0.149 e. The first-order valence-electron chi connectivity index (χ1n) is 5.10. The van der Waals surface area contributed by atoms with Crippen LogP contribution in [0.15, 0.2) is 30.3 Å². The molecule has 2 rings (SSSR count). The van der Waals surface area contributed by atoms with E-state index in [1.54, 1.807) is 0 Å². The smallest absolute Gasteiger partial charge is 0.149 e. The van der Waals surface area contributed by atoms with Crippen molar-refractivity contribution in [2.75, 3.05) is 0 Å². The summed E-state index contributed by atoms with van der Waals surface area (Å²) < 4.78 is 0. The molecule has 1 aliphatic rings. The maximum atomic E-state index is 11.2. The van der Waals surface area contributed by atoms with Gasteiger partial charge in [-0.25, -0.2) is 0 Å². The highest BCUT2D eigenvalue weighted by molar-refractivity contribution is 5.84. The molecule has 0 radical (unpaired) electrons. The average molecular weight is 189 g/mol. The van der Waals surface area contributed by atoms with E-state index in [2.05, 4.69) is 12.1 Å². The molecule has 2 nitrogen and oxygen atoms in total. The summed E-state index contributed by atoms with van der Waals surface area (Å²) >= 11 is 0. The standard InChI is InChI=1S/C12H15NO/c13-11-8-10(6-7-12(11)14)9-4-2-1-3-5-9/h1-5,10-11H,6-8,13H2. The van der Waals surface area contributed by atoms with E-state index in [0.29, 0.717) is 12.3 Å². The molecular weight excluding hydrogens is 174 g/mol. The molecule has 1 saturated carbocycles. The lowest BCUT2D eigenvalue weighted by molar-refractivity contribution is -0.121. The first-order chi connectivity index (χ1) is 6.77. The Hall–Kier alpha value is -1.15. The molecule has 1 aromatic rings. The van der Waals surface area contributed by atoms with Crippen LogP contribution in [0.3, 0.4) is 0 Å². The van der Waals surface area contributed by atoms with Gasteiger partial charge in [0.2, 0.25) is 0 Å². The van der Waals surface area contributed by atoms with E-state index in [1.807, 2.05) is 18.2 Å². The Morgan fingerprint density at radius 1 is 1.21 bits per heavy atom. The molecule has 1 aromatic carbocycles. The molecule has 2 heteroatoms. The summed E-state index contributed by atoms with van der Waals surface area (Å²) in [5.41, 5.74) is 7.07. The fourth-order valence-corrected chi connectivity index (χ4v) is 2.09. The van der Waals surface area contributed by atoms with Gasteiger partial charge in [0.05, 0.1) is 6.04 Å². The van der Waals surface area contributed by atoms with Crippen LogP contribution in [0.1, 0.15) is 30.7 Å². The molecule has 0 saturated heterocycles. The third-order valence-electron chi connectivity index (χ3n) is 2.96. The number of hydrogen-bond acceptors (Lipinski definition) is 2. The van der Waals surface area contributed by atoms with Gasteiger partial charge in [-0.15, -0.1) is 0 Å². The molecule has 2 N–H and O–H groups in total. The van der Waals surface area contributed by atoms with Gasteiger partial charge in [-0.2, -0.15) is 0 Å². The van der Waals surface area contributed by atoms with Crippen molar-refractivity contribution in [2.24, 2.45) is 5.73 Å². The lowest BCUT2D eigenvalue weighted by atomic mass is 9.81. The largest absolute Gasteiger partial charge is 0.321 e. The summed E-state index contributed by atoms with van der Waals surface area (Å²) in [5.74, 6) is 0.695.